The fourth-order valence-corrected chi connectivity index (χ4v) is 0. The van der Waals surface area contributed by atoms with E-state index in [-0.39, 0.29) is 0 Å². The van der Waals surface area contributed by atoms with Crippen LogP contribution in [0.15, 0.2) is 5.22 Å². The molecular weight excluding hydrogens is 66.0 g/mol. The Morgan fingerprint density at radius 1 is 1.60 bits per heavy atom. The van der Waals surface area contributed by atoms with Gasteiger partial charge in [-0.2, -0.15) is 10.5 Å². The van der Waals surface area contributed by atoms with Gasteiger partial charge in [0.05, 0.1) is 19.3 Å². The monoisotopic (exact) mass is 74.1 g/mol. The van der Waals surface area contributed by atoms with E-state index in [1.54, 1.807) is 14.1 Å². The van der Waals surface area contributed by atoms with Gasteiger partial charge in [-0.3, -0.25) is 0 Å². The van der Waals surface area contributed by atoms with Crippen LogP contribution >= 0.6 is 0 Å². The number of hydrogen-bond donors (Lipinski definition) is 1. The summed E-state index contributed by atoms with van der Waals surface area (Å²) in [6, 6.07) is 0. The average molecular weight is 74.1 g/mol. The van der Waals surface area contributed by atoms with Crippen molar-refractivity contribution in [2.45, 2.75) is 0 Å². The van der Waals surface area contributed by atoms with Gasteiger partial charge in [0, 0.05) is 0 Å². The van der Waals surface area contributed by atoms with Crippen LogP contribution in [0, 0.1) is 0 Å². The summed E-state index contributed by atoms with van der Waals surface area (Å²) in [4.78, 5) is 0. The van der Waals surface area contributed by atoms with E-state index in [9.17, 15) is 0 Å². The fourth-order valence-electron chi connectivity index (χ4n) is 0. The largest absolute Gasteiger partial charge is 0.197 e. The smallest absolute Gasteiger partial charge is 0.0964 e. The van der Waals surface area contributed by atoms with E-state index in [1.807, 2.05) is 0 Å². The lowest BCUT2D eigenvalue weighted by atomic mass is 11.2. The molecule has 0 aliphatic heterocycles. The van der Waals surface area contributed by atoms with E-state index in [2.05, 4.69) is 5.22 Å². The zero-order chi connectivity index (χ0) is 4.28. The highest BCUT2D eigenvalue weighted by atomic mass is 15.4. The molecule has 0 spiro atoms. The second-order valence-corrected chi connectivity index (χ2v) is 0.963. The Morgan fingerprint density at radius 2 is 1.80 bits per heavy atom. The van der Waals surface area contributed by atoms with Crippen molar-refractivity contribution in [3.8, 4) is 0 Å². The summed E-state index contributed by atoms with van der Waals surface area (Å²) in [7, 11) is 3.53. The van der Waals surface area contributed by atoms with Gasteiger partial charge in [0.1, 0.15) is 0 Å². The second-order valence-electron chi connectivity index (χ2n) is 0.963. The third kappa shape index (κ3) is 3.40. The van der Waals surface area contributed by atoms with Gasteiger partial charge in [0.15, 0.2) is 0 Å². The molecule has 2 N–H and O–H groups in total. The normalized spacial score (nSPS) is 6.80. The molecule has 0 aromatic heterocycles. The highest BCUT2D eigenvalue weighted by molar-refractivity contribution is 3.63. The summed E-state index contributed by atoms with van der Waals surface area (Å²) in [6.07, 6.45) is 0. The summed E-state index contributed by atoms with van der Waals surface area (Å²) >= 11 is 0. The van der Waals surface area contributed by atoms with Crippen LogP contribution in [0.5, 0.6) is 0 Å². The molecule has 0 fully saturated rings. The first-order valence-corrected chi connectivity index (χ1v) is 1.35. The van der Waals surface area contributed by atoms with E-state index in [4.69, 9.17) is 5.84 Å². The first-order valence-electron chi connectivity index (χ1n) is 1.35. The van der Waals surface area contributed by atoms with Gasteiger partial charge in [0.25, 0.3) is 0 Å². The predicted octanol–water partition coefficient (Wildman–Crippen LogP) is -0.416. The first-order chi connectivity index (χ1) is 2.27. The summed E-state index contributed by atoms with van der Waals surface area (Å²) in [6.45, 7) is 0. The summed E-state index contributed by atoms with van der Waals surface area (Å²) in [5.74, 6) is 4.72. The lowest BCUT2D eigenvalue weighted by Gasteiger charge is -1.72. The van der Waals surface area contributed by atoms with E-state index in [1.165, 1.54) is 4.70 Å². The second kappa shape index (κ2) is 1.69. The molecule has 0 unspecified atom stereocenters. The highest BCUT2D eigenvalue weighted by Gasteiger charge is 1.63. The summed E-state index contributed by atoms with van der Waals surface area (Å²) in [5.41, 5.74) is 0. The van der Waals surface area contributed by atoms with Crippen molar-refractivity contribution in [2.75, 3.05) is 14.1 Å². The summed E-state index contributed by atoms with van der Waals surface area (Å²) < 4.78 is 1.53. The Balaban J connectivity index is 3.14. The Bertz CT molecular complexity index is 42.9. The van der Waals surface area contributed by atoms with Crippen LogP contribution in [0.3, 0.4) is 0 Å². The minimum Gasteiger partial charge on any atom is -0.197 e. The number of nitrogens with two attached hydrogens (primary N) is 1. The maximum absolute atomic E-state index is 4.72. The molecule has 0 heterocycles. The van der Waals surface area contributed by atoms with Crippen LogP contribution in [0.2, 0.25) is 0 Å². The Morgan fingerprint density at radius 3 is 1.80 bits per heavy atom. The van der Waals surface area contributed by atoms with Crippen LogP contribution < -0.4 is 5.84 Å². The zero-order valence-corrected chi connectivity index (χ0v) is 3.47. The molecule has 5 heavy (non-hydrogen) atoms. The molecule has 0 bridgehead atoms. The molecule has 0 radical (unpaired) electrons. The molecule has 0 amide bonds. The number of hydrogen-bond acceptors (Lipinski definition) is 1. The maximum atomic E-state index is 4.72. The van der Waals surface area contributed by atoms with Crippen LogP contribution in [0.1, 0.15) is 0 Å². The van der Waals surface area contributed by atoms with Gasteiger partial charge >= 0.3 is 0 Å². The molecule has 0 aromatic rings. The minimum absolute atomic E-state index is 1.53. The predicted molar refractivity (Wildman–Crippen MR) is 18.7 cm³/mol. The average Bonchev–Trinajstić information content (AvgIpc) is 1.38. The molecular formula is C2H8N3+. The molecule has 0 atom stereocenters. The van der Waals surface area contributed by atoms with E-state index in [0.29, 0.717) is 0 Å². The SMILES string of the molecule is C[N+](C)=NN. The topological polar surface area (TPSA) is 41.4 Å². The van der Waals surface area contributed by atoms with Crippen LogP contribution in [0.4, 0.5) is 0 Å². The van der Waals surface area contributed by atoms with Gasteiger partial charge in [0.2, 0.25) is 0 Å². The fraction of sp³-hybridized carbons (Fsp3) is 1.00. The van der Waals surface area contributed by atoms with Crippen molar-refractivity contribution < 1.29 is 4.70 Å². The van der Waals surface area contributed by atoms with E-state index >= 15 is 0 Å². The number of rotatable bonds is 0. The number of nitrogens with zero attached hydrogens (tertiary/aromatic N) is 2. The third-order valence-electron chi connectivity index (χ3n) is 0.231. The molecule has 0 aliphatic rings. The van der Waals surface area contributed by atoms with Gasteiger partial charge in [-0.05, 0) is 0 Å². The molecule has 0 aliphatic carbocycles. The molecule has 0 aromatic carbocycles. The zero-order valence-electron chi connectivity index (χ0n) is 3.47. The standard InChI is InChI=1S/C2H7N3/c1-5(2)4-3/h3H,1-2H3/p+1. The maximum Gasteiger partial charge on any atom is 0.0964 e. The van der Waals surface area contributed by atoms with Gasteiger partial charge < -0.3 is 0 Å². The molecule has 30 valence electrons. The molecule has 0 saturated carbocycles. The summed E-state index contributed by atoms with van der Waals surface area (Å²) in [5, 5.41) is 3.22. The van der Waals surface area contributed by atoms with Crippen molar-refractivity contribution in [1.82, 2.24) is 0 Å². The minimum atomic E-state index is 1.53. The third-order valence-corrected chi connectivity index (χ3v) is 0.231. The van der Waals surface area contributed by atoms with E-state index < -0.39 is 0 Å². The molecule has 0 saturated heterocycles. The Kier molecular flexibility index (Phi) is 1.49. The van der Waals surface area contributed by atoms with E-state index in [0.717, 1.165) is 0 Å². The van der Waals surface area contributed by atoms with Crippen molar-refractivity contribution in [3.05, 3.63) is 0 Å². The van der Waals surface area contributed by atoms with Gasteiger partial charge in [-0.1, -0.05) is 0 Å². The highest BCUT2D eigenvalue weighted by Crippen LogP contribution is 1.45. The Hall–Kier alpha value is -0.600. The van der Waals surface area contributed by atoms with Crippen molar-refractivity contribution in [2.24, 2.45) is 11.1 Å². The van der Waals surface area contributed by atoms with Crippen LogP contribution in [-0.2, 0) is 0 Å². The van der Waals surface area contributed by atoms with Gasteiger partial charge in [-0.25, -0.2) is 0 Å². The van der Waals surface area contributed by atoms with Crippen LogP contribution in [0.25, 0.3) is 0 Å². The lowest BCUT2D eigenvalue weighted by Crippen LogP contribution is -1.95. The first kappa shape index (κ1) is 4.40. The Labute approximate surface area is 31.1 Å². The molecule has 0 rings (SSSR count). The van der Waals surface area contributed by atoms with Crippen LogP contribution in [-0.4, -0.2) is 18.8 Å². The van der Waals surface area contributed by atoms with Gasteiger partial charge in [-0.15, -0.1) is 0 Å². The quantitative estimate of drug-likeness (QED) is 0.180. The van der Waals surface area contributed by atoms with Crippen molar-refractivity contribution in [1.29, 1.82) is 0 Å². The van der Waals surface area contributed by atoms with Crippen molar-refractivity contribution in [3.63, 3.8) is 0 Å². The lowest BCUT2D eigenvalue weighted by molar-refractivity contribution is -0.538. The molecule has 3 heteroatoms. The van der Waals surface area contributed by atoms with Crippen molar-refractivity contribution >= 4 is 0 Å². The molecule has 3 nitrogen and oxygen atoms in total.